The van der Waals surface area contributed by atoms with E-state index in [9.17, 15) is 0 Å². The van der Waals surface area contributed by atoms with E-state index in [1.54, 1.807) is 0 Å². The summed E-state index contributed by atoms with van der Waals surface area (Å²) in [7, 11) is 0. The summed E-state index contributed by atoms with van der Waals surface area (Å²) in [6.45, 7) is 6.22. The Balaban J connectivity index is 1.37. The number of ether oxygens (including phenoxy) is 1. The van der Waals surface area contributed by atoms with Crippen molar-refractivity contribution in [2.75, 3.05) is 23.1 Å². The van der Waals surface area contributed by atoms with Crippen molar-refractivity contribution < 1.29 is 4.74 Å². The van der Waals surface area contributed by atoms with Crippen LogP contribution in [0.15, 0.2) is 102 Å². The fraction of sp³-hybridized carbons (Fsp3) is 0.276. The van der Waals surface area contributed by atoms with Crippen LogP contribution in [0, 0.1) is 0 Å². The Morgan fingerprint density at radius 1 is 0.909 bits per heavy atom. The fourth-order valence-corrected chi connectivity index (χ4v) is 5.73. The van der Waals surface area contributed by atoms with Crippen LogP contribution in [0.1, 0.15) is 37.4 Å². The molecule has 6 rings (SSSR count). The second-order valence-electron chi connectivity index (χ2n) is 9.57. The summed E-state index contributed by atoms with van der Waals surface area (Å²) in [6, 6.07) is 30.0. The molecule has 4 nitrogen and oxygen atoms in total. The molecule has 0 unspecified atom stereocenters. The van der Waals surface area contributed by atoms with Gasteiger partial charge in [0.15, 0.2) is 5.72 Å². The van der Waals surface area contributed by atoms with Gasteiger partial charge in [0.1, 0.15) is 0 Å². The molecule has 1 saturated heterocycles. The van der Waals surface area contributed by atoms with Crippen molar-refractivity contribution in [1.82, 2.24) is 0 Å². The molecule has 33 heavy (non-hydrogen) atoms. The predicted molar refractivity (Wildman–Crippen MR) is 135 cm³/mol. The Hall–Kier alpha value is -3.37. The SMILES string of the molecule is CC1(C)c2ccccc2N2CCO[C@@]21/C=C/C1=NN(c2ccccc2)[C@H](c2ccccc2)C1. The van der Waals surface area contributed by atoms with Gasteiger partial charge in [0, 0.05) is 24.1 Å². The number of hydrogen-bond acceptors (Lipinski definition) is 4. The largest absolute Gasteiger partial charge is 0.349 e. The van der Waals surface area contributed by atoms with Gasteiger partial charge in [-0.2, -0.15) is 5.10 Å². The number of fused-ring (bicyclic) bond motifs is 3. The molecule has 3 aliphatic heterocycles. The second-order valence-corrected chi connectivity index (χ2v) is 9.57. The Labute approximate surface area is 195 Å². The van der Waals surface area contributed by atoms with Crippen molar-refractivity contribution >= 4 is 17.1 Å². The number of rotatable bonds is 4. The van der Waals surface area contributed by atoms with Gasteiger partial charge in [-0.1, -0.05) is 80.6 Å². The van der Waals surface area contributed by atoms with Crippen LogP contribution >= 0.6 is 0 Å². The topological polar surface area (TPSA) is 28.1 Å². The van der Waals surface area contributed by atoms with Gasteiger partial charge < -0.3 is 9.64 Å². The molecule has 0 spiro atoms. The highest BCUT2D eigenvalue weighted by molar-refractivity contribution is 5.98. The Morgan fingerprint density at radius 2 is 1.61 bits per heavy atom. The molecule has 0 bridgehead atoms. The zero-order valence-corrected chi connectivity index (χ0v) is 19.2. The first kappa shape index (κ1) is 20.3. The highest BCUT2D eigenvalue weighted by Crippen LogP contribution is 2.54. The van der Waals surface area contributed by atoms with E-state index in [0.717, 1.165) is 31.0 Å². The van der Waals surface area contributed by atoms with Crippen molar-refractivity contribution in [1.29, 1.82) is 0 Å². The summed E-state index contributed by atoms with van der Waals surface area (Å²) in [5.41, 5.74) is 5.44. The summed E-state index contributed by atoms with van der Waals surface area (Å²) >= 11 is 0. The molecular weight excluding hydrogens is 406 g/mol. The smallest absolute Gasteiger partial charge is 0.170 e. The molecular formula is C29H29N3O. The maximum atomic E-state index is 6.52. The maximum absolute atomic E-state index is 6.52. The molecule has 1 fully saturated rings. The molecule has 3 aromatic carbocycles. The van der Waals surface area contributed by atoms with Crippen LogP contribution in [-0.2, 0) is 10.2 Å². The number of anilines is 2. The van der Waals surface area contributed by atoms with Crippen LogP contribution in [0.3, 0.4) is 0 Å². The highest BCUT2D eigenvalue weighted by Gasteiger charge is 2.59. The van der Waals surface area contributed by atoms with Crippen LogP contribution in [0.4, 0.5) is 11.4 Å². The van der Waals surface area contributed by atoms with Gasteiger partial charge in [-0.15, -0.1) is 0 Å². The number of allylic oxidation sites excluding steroid dienone is 1. The van der Waals surface area contributed by atoms with Gasteiger partial charge in [-0.05, 0) is 41.5 Å². The van der Waals surface area contributed by atoms with Crippen LogP contribution in [0.5, 0.6) is 0 Å². The number of benzene rings is 3. The Morgan fingerprint density at radius 3 is 2.39 bits per heavy atom. The van der Waals surface area contributed by atoms with Crippen LogP contribution in [0.2, 0.25) is 0 Å². The normalized spacial score (nSPS) is 25.4. The number of nitrogens with zero attached hydrogens (tertiary/aromatic N) is 3. The van der Waals surface area contributed by atoms with Crippen molar-refractivity contribution in [3.8, 4) is 0 Å². The van der Waals surface area contributed by atoms with Crippen molar-refractivity contribution in [2.45, 2.75) is 37.5 Å². The summed E-state index contributed by atoms with van der Waals surface area (Å²) in [4.78, 5) is 2.43. The predicted octanol–water partition coefficient (Wildman–Crippen LogP) is 6.07. The Bertz CT molecular complexity index is 1220. The third-order valence-corrected chi connectivity index (χ3v) is 7.44. The van der Waals surface area contributed by atoms with Crippen LogP contribution in [0.25, 0.3) is 0 Å². The van der Waals surface area contributed by atoms with Crippen LogP contribution in [-0.4, -0.2) is 24.6 Å². The zero-order chi connectivity index (χ0) is 22.5. The third kappa shape index (κ3) is 3.05. The maximum Gasteiger partial charge on any atom is 0.170 e. The second kappa shape index (κ2) is 7.60. The molecule has 3 aromatic rings. The van der Waals surface area contributed by atoms with E-state index in [2.05, 4.69) is 115 Å². The standard InChI is InChI=1S/C29H29N3O/c1-28(2)25-15-9-10-16-26(25)31-19-20-33-29(28,31)18-17-23-21-27(22-11-5-3-6-12-22)32(30-23)24-13-7-4-8-14-24/h3-18,27H,19-21H2,1-2H3/b18-17+/t27-,29+/m0/s1. The van der Waals surface area contributed by atoms with Crippen LogP contribution < -0.4 is 9.91 Å². The number of hydrogen-bond donors (Lipinski definition) is 0. The first-order valence-electron chi connectivity index (χ1n) is 11.8. The molecule has 0 aromatic heterocycles. The lowest BCUT2D eigenvalue weighted by molar-refractivity contribution is -0.000230. The van der Waals surface area contributed by atoms with E-state index in [1.165, 1.54) is 16.8 Å². The van der Waals surface area contributed by atoms with E-state index < -0.39 is 5.72 Å². The summed E-state index contributed by atoms with van der Waals surface area (Å²) in [5.74, 6) is 0. The number of hydrazone groups is 1. The monoisotopic (exact) mass is 435 g/mol. The van der Waals surface area contributed by atoms with Gasteiger partial charge >= 0.3 is 0 Å². The molecule has 4 heteroatoms. The van der Waals surface area contributed by atoms with Crippen molar-refractivity contribution in [3.63, 3.8) is 0 Å². The average Bonchev–Trinajstić information content (AvgIpc) is 3.53. The molecule has 0 radical (unpaired) electrons. The van der Waals surface area contributed by atoms with Gasteiger partial charge in [-0.25, -0.2) is 0 Å². The third-order valence-electron chi connectivity index (χ3n) is 7.44. The molecule has 2 atom stereocenters. The van der Waals surface area contributed by atoms with Crippen molar-refractivity contribution in [2.24, 2.45) is 5.10 Å². The van der Waals surface area contributed by atoms with E-state index in [4.69, 9.17) is 9.84 Å². The number of para-hydroxylation sites is 2. The quantitative estimate of drug-likeness (QED) is 0.498. The molecule has 166 valence electrons. The molecule has 0 N–H and O–H groups in total. The summed E-state index contributed by atoms with van der Waals surface area (Å²) in [6.07, 6.45) is 5.32. The lowest BCUT2D eigenvalue weighted by Crippen LogP contribution is -2.51. The van der Waals surface area contributed by atoms with Gasteiger partial charge in [0.05, 0.1) is 24.0 Å². The van der Waals surface area contributed by atoms with Gasteiger partial charge in [0.25, 0.3) is 0 Å². The van der Waals surface area contributed by atoms with E-state index >= 15 is 0 Å². The van der Waals surface area contributed by atoms with E-state index in [0.29, 0.717) is 0 Å². The summed E-state index contributed by atoms with van der Waals surface area (Å²) in [5, 5.41) is 7.24. The lowest BCUT2D eigenvalue weighted by Gasteiger charge is -2.39. The first-order chi connectivity index (χ1) is 16.1. The first-order valence-corrected chi connectivity index (χ1v) is 11.8. The van der Waals surface area contributed by atoms with E-state index in [1.807, 2.05) is 6.07 Å². The van der Waals surface area contributed by atoms with E-state index in [-0.39, 0.29) is 11.5 Å². The van der Waals surface area contributed by atoms with Gasteiger partial charge in [-0.3, -0.25) is 5.01 Å². The van der Waals surface area contributed by atoms with Gasteiger partial charge in [0.2, 0.25) is 0 Å². The highest BCUT2D eigenvalue weighted by atomic mass is 16.5. The average molecular weight is 436 g/mol. The molecule has 0 amide bonds. The molecule has 0 aliphatic carbocycles. The molecule has 3 aliphatic rings. The van der Waals surface area contributed by atoms with Crippen molar-refractivity contribution in [3.05, 3.63) is 108 Å². The molecule has 0 saturated carbocycles. The lowest BCUT2D eigenvalue weighted by atomic mass is 9.77. The fourth-order valence-electron chi connectivity index (χ4n) is 5.73. The minimum absolute atomic E-state index is 0.159. The summed E-state index contributed by atoms with van der Waals surface area (Å²) < 4.78 is 6.52. The minimum atomic E-state index is -0.485. The Kier molecular flexibility index (Phi) is 4.66. The zero-order valence-electron chi connectivity index (χ0n) is 19.2. The minimum Gasteiger partial charge on any atom is -0.349 e. The molecule has 3 heterocycles.